The number of phenols is 4. The molecule has 0 heterocycles. The quantitative estimate of drug-likeness (QED) is 0.384. The molecule has 98 valence electrons. The largest absolute Gasteiger partial charge is 0.504 e. The van der Waals surface area contributed by atoms with Gasteiger partial charge in [-0.1, -0.05) is 13.8 Å². The highest BCUT2D eigenvalue weighted by molar-refractivity contribution is 5.64. The zero-order chi connectivity index (χ0) is 13.7. The van der Waals surface area contributed by atoms with Crippen LogP contribution in [0.3, 0.4) is 0 Å². The van der Waals surface area contributed by atoms with Gasteiger partial charge in [0.2, 0.25) is 0 Å². The Hall–Kier alpha value is -1.62. The molecule has 5 nitrogen and oxygen atoms in total. The van der Waals surface area contributed by atoms with Crippen LogP contribution in [0.25, 0.3) is 0 Å². The van der Waals surface area contributed by atoms with Crippen molar-refractivity contribution in [2.45, 2.75) is 33.6 Å². The van der Waals surface area contributed by atoms with Crippen molar-refractivity contribution < 1.29 is 25.5 Å². The second-order valence-corrected chi connectivity index (χ2v) is 3.90. The zero-order valence-corrected chi connectivity index (χ0v) is 10.5. The molecule has 0 saturated heterocycles. The lowest BCUT2D eigenvalue weighted by molar-refractivity contribution is 0.318. The number of aliphatic hydroxyl groups is 1. The van der Waals surface area contributed by atoms with Crippen LogP contribution >= 0.6 is 0 Å². The van der Waals surface area contributed by atoms with E-state index in [4.69, 9.17) is 5.11 Å². The van der Waals surface area contributed by atoms with Gasteiger partial charge in [-0.05, 0) is 19.8 Å². The van der Waals surface area contributed by atoms with E-state index in [9.17, 15) is 20.4 Å². The van der Waals surface area contributed by atoms with Crippen LogP contribution in [0.5, 0.6) is 23.0 Å². The van der Waals surface area contributed by atoms with E-state index >= 15 is 0 Å². The molecule has 1 aromatic carbocycles. The highest BCUT2D eigenvalue weighted by atomic mass is 16.3. The molecule has 0 spiro atoms. The molecular formula is C12H20O5. The second kappa shape index (κ2) is 6.20. The summed E-state index contributed by atoms with van der Waals surface area (Å²) in [7, 11) is 0. The Labute approximate surface area is 101 Å². The molecule has 0 aromatic heterocycles. The van der Waals surface area contributed by atoms with E-state index in [2.05, 4.69) is 0 Å². The summed E-state index contributed by atoms with van der Waals surface area (Å²) >= 11 is 0. The van der Waals surface area contributed by atoms with Crippen LogP contribution in [0, 0.1) is 6.92 Å². The lowest BCUT2D eigenvalue weighted by Crippen LogP contribution is -1.92. The molecule has 0 amide bonds. The Balaban J connectivity index is 0.000000770. The standard InChI is InChI=1S/C10H14O4.C2H6O/c1-4(2)6-9(13)7(11)5(3)8(12)10(6)14;1-2-3/h4,11-14H,1-3H3;3H,2H2,1H3. The van der Waals surface area contributed by atoms with Crippen molar-refractivity contribution in [2.75, 3.05) is 6.61 Å². The summed E-state index contributed by atoms with van der Waals surface area (Å²) in [4.78, 5) is 0. The number of benzene rings is 1. The number of aromatic hydroxyl groups is 4. The first-order valence-electron chi connectivity index (χ1n) is 5.36. The van der Waals surface area contributed by atoms with Gasteiger partial charge in [-0.2, -0.15) is 0 Å². The van der Waals surface area contributed by atoms with Crippen LogP contribution in [-0.4, -0.2) is 32.1 Å². The summed E-state index contributed by atoms with van der Waals surface area (Å²) in [5.41, 5.74) is 0.231. The van der Waals surface area contributed by atoms with Crippen molar-refractivity contribution in [3.63, 3.8) is 0 Å². The van der Waals surface area contributed by atoms with Crippen molar-refractivity contribution in [3.05, 3.63) is 11.1 Å². The third kappa shape index (κ3) is 3.17. The summed E-state index contributed by atoms with van der Waals surface area (Å²) in [6.07, 6.45) is 0. The lowest BCUT2D eigenvalue weighted by atomic mass is 9.97. The number of hydrogen-bond donors (Lipinski definition) is 5. The number of phenolic OH excluding ortho intramolecular Hbond substituents is 4. The van der Waals surface area contributed by atoms with Gasteiger partial charge in [0.15, 0.2) is 23.0 Å². The van der Waals surface area contributed by atoms with Gasteiger partial charge in [-0.25, -0.2) is 0 Å². The topological polar surface area (TPSA) is 101 Å². The van der Waals surface area contributed by atoms with Crippen molar-refractivity contribution in [1.29, 1.82) is 0 Å². The van der Waals surface area contributed by atoms with Crippen LogP contribution in [0.2, 0.25) is 0 Å². The van der Waals surface area contributed by atoms with Crippen molar-refractivity contribution in [2.24, 2.45) is 0 Å². The summed E-state index contributed by atoms with van der Waals surface area (Å²) in [6.45, 7) is 6.82. The monoisotopic (exact) mass is 244 g/mol. The molecule has 0 unspecified atom stereocenters. The Morgan fingerprint density at radius 3 is 1.41 bits per heavy atom. The predicted octanol–water partition coefficient (Wildman–Crippen LogP) is 1.94. The van der Waals surface area contributed by atoms with E-state index in [0.29, 0.717) is 0 Å². The van der Waals surface area contributed by atoms with Crippen molar-refractivity contribution in [1.82, 2.24) is 0 Å². The summed E-state index contributed by atoms with van der Waals surface area (Å²) in [6, 6.07) is 0. The Kier molecular flexibility index (Phi) is 5.61. The first-order valence-corrected chi connectivity index (χ1v) is 5.36. The molecule has 0 atom stereocenters. The van der Waals surface area contributed by atoms with Gasteiger partial charge < -0.3 is 25.5 Å². The van der Waals surface area contributed by atoms with Crippen LogP contribution in [0.4, 0.5) is 0 Å². The van der Waals surface area contributed by atoms with E-state index < -0.39 is 0 Å². The molecule has 0 radical (unpaired) electrons. The van der Waals surface area contributed by atoms with Gasteiger partial charge >= 0.3 is 0 Å². The van der Waals surface area contributed by atoms with E-state index in [-0.39, 0.29) is 46.6 Å². The molecule has 0 bridgehead atoms. The van der Waals surface area contributed by atoms with E-state index in [1.807, 2.05) is 0 Å². The molecule has 0 saturated carbocycles. The highest BCUT2D eigenvalue weighted by Gasteiger charge is 2.22. The van der Waals surface area contributed by atoms with E-state index in [0.717, 1.165) is 0 Å². The second-order valence-electron chi connectivity index (χ2n) is 3.90. The van der Waals surface area contributed by atoms with E-state index in [1.165, 1.54) is 6.92 Å². The normalized spacial score (nSPS) is 10.0. The van der Waals surface area contributed by atoms with Crippen LogP contribution in [0.1, 0.15) is 37.8 Å². The fourth-order valence-corrected chi connectivity index (χ4v) is 1.38. The minimum Gasteiger partial charge on any atom is -0.504 e. The molecule has 5 heteroatoms. The molecule has 0 aliphatic heterocycles. The van der Waals surface area contributed by atoms with Gasteiger partial charge in [-0.15, -0.1) is 0 Å². The van der Waals surface area contributed by atoms with E-state index in [1.54, 1.807) is 20.8 Å². The average Bonchev–Trinajstić information content (AvgIpc) is 2.24. The summed E-state index contributed by atoms with van der Waals surface area (Å²) < 4.78 is 0. The average molecular weight is 244 g/mol. The Morgan fingerprint density at radius 2 is 1.18 bits per heavy atom. The molecule has 1 rings (SSSR count). The minimum atomic E-state index is -0.385. The van der Waals surface area contributed by atoms with Crippen molar-refractivity contribution in [3.8, 4) is 23.0 Å². The minimum absolute atomic E-state index is 0.0735. The molecule has 5 N–H and O–H groups in total. The van der Waals surface area contributed by atoms with Crippen LogP contribution in [0.15, 0.2) is 0 Å². The van der Waals surface area contributed by atoms with Gasteiger partial charge in [0, 0.05) is 17.7 Å². The van der Waals surface area contributed by atoms with Gasteiger partial charge in [0.25, 0.3) is 0 Å². The first-order chi connectivity index (χ1) is 7.79. The summed E-state index contributed by atoms with van der Waals surface area (Å²) in [5, 5.41) is 45.5. The number of aliphatic hydroxyl groups excluding tert-OH is 1. The maximum Gasteiger partial charge on any atom is 0.165 e. The van der Waals surface area contributed by atoms with Crippen LogP contribution in [-0.2, 0) is 0 Å². The molecule has 0 aliphatic carbocycles. The third-order valence-electron chi connectivity index (χ3n) is 2.25. The number of rotatable bonds is 1. The molecular weight excluding hydrogens is 224 g/mol. The first kappa shape index (κ1) is 15.4. The number of hydrogen-bond acceptors (Lipinski definition) is 5. The lowest BCUT2D eigenvalue weighted by Gasteiger charge is -2.15. The molecule has 1 aromatic rings. The molecule has 17 heavy (non-hydrogen) atoms. The fourth-order valence-electron chi connectivity index (χ4n) is 1.38. The maximum absolute atomic E-state index is 9.53. The highest BCUT2D eigenvalue weighted by Crippen LogP contribution is 2.48. The fraction of sp³-hybridized carbons (Fsp3) is 0.500. The zero-order valence-electron chi connectivity index (χ0n) is 10.5. The van der Waals surface area contributed by atoms with Gasteiger partial charge in [-0.3, -0.25) is 0 Å². The summed E-state index contributed by atoms with van der Waals surface area (Å²) in [5.74, 6) is -1.69. The van der Waals surface area contributed by atoms with Gasteiger partial charge in [0.1, 0.15) is 0 Å². The maximum atomic E-state index is 9.53. The Bertz CT molecular complexity index is 356. The smallest absolute Gasteiger partial charge is 0.165 e. The molecule has 0 fully saturated rings. The van der Waals surface area contributed by atoms with Gasteiger partial charge in [0.05, 0.1) is 0 Å². The van der Waals surface area contributed by atoms with Crippen LogP contribution < -0.4 is 0 Å². The third-order valence-corrected chi connectivity index (χ3v) is 2.25. The predicted molar refractivity (Wildman–Crippen MR) is 64.7 cm³/mol. The molecule has 0 aliphatic rings. The van der Waals surface area contributed by atoms with Crippen molar-refractivity contribution >= 4 is 0 Å². The SMILES string of the molecule is CCO.Cc1c(O)c(O)c(C(C)C)c(O)c1O. The Morgan fingerprint density at radius 1 is 0.882 bits per heavy atom.